The SMILES string of the molecule is CC/C=C\C/C=C\C/C=C\C/C=C\CCCCCCC(=O)OC[C@@H](COCCCCCCCCCCCCCCCCCC)OC(=O)CCCCCCC/C=C\C/C=C\CCCCC. The maximum Gasteiger partial charge on any atom is 0.306 e. The zero-order valence-electron chi connectivity index (χ0n) is 42.5. The third-order valence-electron chi connectivity index (χ3n) is 11.7. The van der Waals surface area contributed by atoms with E-state index >= 15 is 0 Å². The second-order valence-electron chi connectivity index (χ2n) is 18.1. The maximum absolute atomic E-state index is 12.8. The van der Waals surface area contributed by atoms with Gasteiger partial charge in [-0.1, -0.05) is 235 Å². The first kappa shape index (κ1) is 61.3. The van der Waals surface area contributed by atoms with Crippen molar-refractivity contribution in [2.24, 2.45) is 0 Å². The summed E-state index contributed by atoms with van der Waals surface area (Å²) in [6.45, 7) is 7.68. The molecule has 0 fully saturated rings. The number of ether oxygens (including phenoxy) is 3. The van der Waals surface area contributed by atoms with Crippen LogP contribution in [-0.4, -0.2) is 37.9 Å². The summed E-state index contributed by atoms with van der Waals surface area (Å²) in [7, 11) is 0. The summed E-state index contributed by atoms with van der Waals surface area (Å²) in [5, 5.41) is 0. The van der Waals surface area contributed by atoms with Crippen LogP contribution < -0.4 is 0 Å². The van der Waals surface area contributed by atoms with E-state index < -0.39 is 6.10 Å². The average Bonchev–Trinajstić information content (AvgIpc) is 3.30. The molecular weight excluding hydrogens is 789 g/mol. The van der Waals surface area contributed by atoms with E-state index in [1.807, 2.05) is 0 Å². The molecule has 0 radical (unpaired) electrons. The molecule has 5 nitrogen and oxygen atoms in total. The van der Waals surface area contributed by atoms with Crippen LogP contribution in [-0.2, 0) is 23.8 Å². The van der Waals surface area contributed by atoms with Crippen molar-refractivity contribution < 1.29 is 23.8 Å². The zero-order valence-corrected chi connectivity index (χ0v) is 42.5. The second kappa shape index (κ2) is 54.7. The molecule has 0 aliphatic heterocycles. The van der Waals surface area contributed by atoms with Gasteiger partial charge in [-0.15, -0.1) is 0 Å². The van der Waals surface area contributed by atoms with E-state index in [9.17, 15) is 9.59 Å². The van der Waals surface area contributed by atoms with Gasteiger partial charge < -0.3 is 14.2 Å². The lowest BCUT2D eigenvalue weighted by atomic mass is 10.0. The summed E-state index contributed by atoms with van der Waals surface area (Å²) in [6, 6.07) is 0. The van der Waals surface area contributed by atoms with Crippen molar-refractivity contribution in [2.75, 3.05) is 19.8 Å². The molecule has 0 aromatic heterocycles. The van der Waals surface area contributed by atoms with Crippen molar-refractivity contribution in [3.8, 4) is 0 Å². The molecule has 0 aromatic carbocycles. The number of unbranched alkanes of at least 4 members (excludes halogenated alkanes) is 27. The first-order chi connectivity index (χ1) is 31.6. The lowest BCUT2D eigenvalue weighted by Gasteiger charge is -2.18. The fraction of sp³-hybridized carbons (Fsp3) is 0.763. The molecule has 1 atom stereocenters. The van der Waals surface area contributed by atoms with E-state index in [0.29, 0.717) is 19.4 Å². The molecular formula is C59H104O5. The summed E-state index contributed by atoms with van der Waals surface area (Å²) in [5.41, 5.74) is 0. The Morgan fingerprint density at radius 2 is 0.703 bits per heavy atom. The van der Waals surface area contributed by atoms with Gasteiger partial charge in [-0.3, -0.25) is 9.59 Å². The lowest BCUT2D eigenvalue weighted by molar-refractivity contribution is -0.163. The number of esters is 2. The molecule has 5 heteroatoms. The molecule has 0 bridgehead atoms. The molecule has 0 aliphatic carbocycles. The van der Waals surface area contributed by atoms with Gasteiger partial charge in [0.05, 0.1) is 6.61 Å². The van der Waals surface area contributed by atoms with Gasteiger partial charge in [0.25, 0.3) is 0 Å². The predicted molar refractivity (Wildman–Crippen MR) is 279 cm³/mol. The van der Waals surface area contributed by atoms with Crippen molar-refractivity contribution in [3.05, 3.63) is 72.9 Å². The Bertz CT molecular complexity index is 1150. The van der Waals surface area contributed by atoms with Gasteiger partial charge in [0.1, 0.15) is 6.61 Å². The summed E-state index contributed by atoms with van der Waals surface area (Å²) in [5.74, 6) is -0.433. The standard InChI is InChI=1S/C59H104O5/c1-4-7-10-13-16-19-22-25-28-30-32-34-37-40-43-46-49-52-58(60)63-56-57(55-62-54-51-48-45-42-39-36-33-29-26-23-20-17-14-11-8-5-2)64-59(61)53-50-47-44-41-38-35-31-27-24-21-18-15-12-9-6-3/h7,10,16,18-19,21,25,27-28,31-32,34,57H,4-6,8-9,11-15,17,20,22-24,26,29-30,33,35-56H2,1-3H3/b10-7-,19-16-,21-18-,28-25-,31-27-,34-32-/t57-/m1/s1. The Labute approximate surface area is 397 Å². The molecule has 370 valence electrons. The van der Waals surface area contributed by atoms with Gasteiger partial charge >= 0.3 is 11.9 Å². The molecule has 0 spiro atoms. The Balaban J connectivity index is 4.32. The summed E-state index contributed by atoms with van der Waals surface area (Å²) in [4.78, 5) is 25.5. The van der Waals surface area contributed by atoms with Crippen LogP contribution in [0.1, 0.15) is 265 Å². The quantitative estimate of drug-likeness (QED) is 0.0346. The highest BCUT2D eigenvalue weighted by atomic mass is 16.6. The largest absolute Gasteiger partial charge is 0.462 e. The Hall–Kier alpha value is -2.66. The molecule has 0 aliphatic rings. The highest BCUT2D eigenvalue weighted by molar-refractivity contribution is 5.70. The third kappa shape index (κ3) is 52.0. The maximum atomic E-state index is 12.8. The van der Waals surface area contributed by atoms with Crippen LogP contribution in [0.15, 0.2) is 72.9 Å². The van der Waals surface area contributed by atoms with Gasteiger partial charge in [0.2, 0.25) is 0 Å². The van der Waals surface area contributed by atoms with E-state index in [2.05, 4.69) is 93.7 Å². The molecule has 0 heterocycles. The van der Waals surface area contributed by atoms with Gasteiger partial charge in [0, 0.05) is 19.4 Å². The number of carbonyl (C=O) groups is 2. The molecule has 0 unspecified atom stereocenters. The number of allylic oxidation sites excluding steroid dienone is 12. The Kier molecular flexibility index (Phi) is 52.4. The first-order valence-electron chi connectivity index (χ1n) is 27.5. The number of carbonyl (C=O) groups excluding carboxylic acids is 2. The minimum absolute atomic E-state index is 0.0670. The van der Waals surface area contributed by atoms with Crippen molar-refractivity contribution in [1.29, 1.82) is 0 Å². The fourth-order valence-corrected chi connectivity index (χ4v) is 7.65. The van der Waals surface area contributed by atoms with Gasteiger partial charge in [-0.2, -0.15) is 0 Å². The third-order valence-corrected chi connectivity index (χ3v) is 11.7. The summed E-state index contributed by atoms with van der Waals surface area (Å²) < 4.78 is 17.4. The second-order valence-corrected chi connectivity index (χ2v) is 18.1. The van der Waals surface area contributed by atoms with Gasteiger partial charge in [-0.05, 0) is 89.9 Å². The van der Waals surface area contributed by atoms with Crippen molar-refractivity contribution >= 4 is 11.9 Å². The van der Waals surface area contributed by atoms with E-state index in [-0.39, 0.29) is 25.2 Å². The van der Waals surface area contributed by atoms with Crippen LogP contribution in [0.3, 0.4) is 0 Å². The van der Waals surface area contributed by atoms with Crippen LogP contribution >= 0.6 is 0 Å². The predicted octanol–water partition coefficient (Wildman–Crippen LogP) is 18.7. The summed E-state index contributed by atoms with van der Waals surface area (Å²) >= 11 is 0. The van der Waals surface area contributed by atoms with Crippen LogP contribution in [0, 0.1) is 0 Å². The molecule has 64 heavy (non-hydrogen) atoms. The van der Waals surface area contributed by atoms with E-state index in [1.54, 1.807) is 0 Å². The van der Waals surface area contributed by atoms with Crippen LogP contribution in [0.4, 0.5) is 0 Å². The number of hydrogen-bond donors (Lipinski definition) is 0. The van der Waals surface area contributed by atoms with Crippen molar-refractivity contribution in [3.63, 3.8) is 0 Å². The minimum atomic E-state index is -0.554. The van der Waals surface area contributed by atoms with Crippen LogP contribution in [0.25, 0.3) is 0 Å². The van der Waals surface area contributed by atoms with E-state index in [0.717, 1.165) is 103 Å². The smallest absolute Gasteiger partial charge is 0.306 e. The Morgan fingerprint density at radius 3 is 1.16 bits per heavy atom. The van der Waals surface area contributed by atoms with E-state index in [1.165, 1.54) is 128 Å². The van der Waals surface area contributed by atoms with Gasteiger partial charge in [-0.25, -0.2) is 0 Å². The molecule has 0 rings (SSSR count). The number of hydrogen-bond acceptors (Lipinski definition) is 5. The highest BCUT2D eigenvalue weighted by Gasteiger charge is 2.17. The lowest BCUT2D eigenvalue weighted by Crippen LogP contribution is -2.30. The molecule has 0 saturated heterocycles. The van der Waals surface area contributed by atoms with Crippen molar-refractivity contribution in [1.82, 2.24) is 0 Å². The minimum Gasteiger partial charge on any atom is -0.462 e. The fourth-order valence-electron chi connectivity index (χ4n) is 7.65. The molecule has 0 amide bonds. The molecule has 0 aromatic rings. The van der Waals surface area contributed by atoms with Crippen molar-refractivity contribution in [2.45, 2.75) is 271 Å². The summed E-state index contributed by atoms with van der Waals surface area (Å²) in [6.07, 6.45) is 70.5. The normalized spacial score (nSPS) is 12.7. The molecule has 0 N–H and O–H groups in total. The zero-order chi connectivity index (χ0) is 46.3. The first-order valence-corrected chi connectivity index (χ1v) is 27.5. The molecule has 0 saturated carbocycles. The average molecular weight is 893 g/mol. The highest BCUT2D eigenvalue weighted by Crippen LogP contribution is 2.15. The number of rotatable bonds is 50. The Morgan fingerprint density at radius 1 is 0.359 bits per heavy atom. The van der Waals surface area contributed by atoms with E-state index in [4.69, 9.17) is 14.2 Å². The van der Waals surface area contributed by atoms with Crippen LogP contribution in [0.5, 0.6) is 0 Å². The van der Waals surface area contributed by atoms with Gasteiger partial charge in [0.15, 0.2) is 6.10 Å². The topological polar surface area (TPSA) is 61.8 Å². The van der Waals surface area contributed by atoms with Crippen LogP contribution in [0.2, 0.25) is 0 Å². The monoisotopic (exact) mass is 893 g/mol.